The van der Waals surface area contributed by atoms with Gasteiger partial charge in [-0.05, 0) is 57.4 Å². The van der Waals surface area contributed by atoms with Gasteiger partial charge in [-0.1, -0.05) is 0 Å². The number of aromatic nitrogens is 2. The first-order chi connectivity index (χ1) is 9.24. The molecule has 0 aliphatic heterocycles. The Labute approximate surface area is 113 Å². The zero-order valence-electron chi connectivity index (χ0n) is 11.4. The van der Waals surface area contributed by atoms with E-state index in [1.54, 1.807) is 6.26 Å². The number of hydrogen-bond acceptors (Lipinski definition) is 4. The van der Waals surface area contributed by atoms with Crippen molar-refractivity contribution < 1.29 is 4.42 Å². The largest absolute Gasteiger partial charge is 0.461 e. The summed E-state index contributed by atoms with van der Waals surface area (Å²) in [5.74, 6) is 1.41. The van der Waals surface area contributed by atoms with Crippen LogP contribution in [0.15, 0.2) is 22.8 Å². The molecule has 0 atom stereocenters. The minimum atomic E-state index is 0.680. The normalized spacial score (nSPS) is 14.8. The molecule has 4 heteroatoms. The summed E-state index contributed by atoms with van der Waals surface area (Å²) in [6, 6.07) is 4.50. The first kappa shape index (κ1) is 12.4. The number of rotatable bonds is 5. The average molecular weight is 257 g/mol. The molecule has 2 aromatic rings. The van der Waals surface area contributed by atoms with Crippen LogP contribution >= 0.6 is 0 Å². The van der Waals surface area contributed by atoms with Gasteiger partial charge >= 0.3 is 0 Å². The van der Waals surface area contributed by atoms with E-state index in [1.807, 2.05) is 26.0 Å². The molecular formula is C15H19N3O. The molecule has 100 valence electrons. The van der Waals surface area contributed by atoms with E-state index >= 15 is 0 Å². The van der Waals surface area contributed by atoms with Gasteiger partial charge in [0.1, 0.15) is 0 Å². The molecule has 3 rings (SSSR count). The molecule has 1 N–H and O–H groups in total. The van der Waals surface area contributed by atoms with Crippen LogP contribution in [-0.2, 0) is 6.42 Å². The van der Waals surface area contributed by atoms with E-state index in [9.17, 15) is 0 Å². The maximum atomic E-state index is 5.35. The highest BCUT2D eigenvalue weighted by molar-refractivity contribution is 5.48. The Morgan fingerprint density at radius 3 is 2.58 bits per heavy atom. The van der Waals surface area contributed by atoms with Gasteiger partial charge in [0.15, 0.2) is 11.6 Å². The zero-order chi connectivity index (χ0) is 13.2. The van der Waals surface area contributed by atoms with Crippen LogP contribution in [0, 0.1) is 13.8 Å². The van der Waals surface area contributed by atoms with Gasteiger partial charge in [-0.3, -0.25) is 0 Å². The summed E-state index contributed by atoms with van der Waals surface area (Å²) >= 11 is 0. The Morgan fingerprint density at radius 2 is 2.00 bits per heavy atom. The highest BCUT2D eigenvalue weighted by Crippen LogP contribution is 2.21. The van der Waals surface area contributed by atoms with Crippen molar-refractivity contribution in [1.82, 2.24) is 15.3 Å². The molecule has 2 aromatic heterocycles. The fourth-order valence-corrected chi connectivity index (χ4v) is 2.31. The maximum absolute atomic E-state index is 5.35. The van der Waals surface area contributed by atoms with Crippen molar-refractivity contribution in [2.75, 3.05) is 6.54 Å². The van der Waals surface area contributed by atoms with Gasteiger partial charge in [0, 0.05) is 17.4 Å². The van der Waals surface area contributed by atoms with Crippen LogP contribution in [0.4, 0.5) is 0 Å². The van der Waals surface area contributed by atoms with E-state index in [0.717, 1.165) is 36.2 Å². The third-order valence-electron chi connectivity index (χ3n) is 3.55. The lowest BCUT2D eigenvalue weighted by molar-refractivity contribution is 0.576. The second kappa shape index (κ2) is 5.13. The standard InChI is InChI=1S/C15H19N3O/c1-10-13(7-8-16-12-5-6-12)11(2)18-15(17-10)14-4-3-9-19-14/h3-4,9,12,16H,5-8H2,1-2H3. The van der Waals surface area contributed by atoms with E-state index in [4.69, 9.17) is 4.42 Å². The highest BCUT2D eigenvalue weighted by Gasteiger charge is 2.20. The van der Waals surface area contributed by atoms with Gasteiger partial charge in [0.25, 0.3) is 0 Å². The van der Waals surface area contributed by atoms with Crippen LogP contribution in [0.1, 0.15) is 29.8 Å². The van der Waals surface area contributed by atoms with E-state index < -0.39 is 0 Å². The van der Waals surface area contributed by atoms with E-state index in [2.05, 4.69) is 15.3 Å². The molecule has 2 heterocycles. The summed E-state index contributed by atoms with van der Waals surface area (Å²) in [4.78, 5) is 9.11. The number of furan rings is 1. The molecule has 1 fully saturated rings. The lowest BCUT2D eigenvalue weighted by Crippen LogP contribution is -2.20. The third kappa shape index (κ3) is 2.84. The fourth-order valence-electron chi connectivity index (χ4n) is 2.31. The Hall–Kier alpha value is -1.68. The molecule has 0 radical (unpaired) electrons. The van der Waals surface area contributed by atoms with Crippen molar-refractivity contribution in [3.8, 4) is 11.6 Å². The van der Waals surface area contributed by atoms with Gasteiger partial charge in [-0.2, -0.15) is 0 Å². The van der Waals surface area contributed by atoms with Crippen molar-refractivity contribution in [2.45, 2.75) is 39.2 Å². The van der Waals surface area contributed by atoms with Gasteiger partial charge in [-0.15, -0.1) is 0 Å². The van der Waals surface area contributed by atoms with Crippen molar-refractivity contribution in [3.63, 3.8) is 0 Å². The molecule has 0 saturated heterocycles. The Kier molecular flexibility index (Phi) is 3.34. The molecule has 4 nitrogen and oxygen atoms in total. The van der Waals surface area contributed by atoms with E-state index in [-0.39, 0.29) is 0 Å². The van der Waals surface area contributed by atoms with Crippen molar-refractivity contribution in [2.24, 2.45) is 0 Å². The predicted molar refractivity (Wildman–Crippen MR) is 73.9 cm³/mol. The molecule has 0 unspecified atom stereocenters. The molecule has 1 aliphatic rings. The molecule has 0 spiro atoms. The van der Waals surface area contributed by atoms with E-state index in [0.29, 0.717) is 5.82 Å². The van der Waals surface area contributed by atoms with Crippen molar-refractivity contribution >= 4 is 0 Å². The molecule has 1 saturated carbocycles. The van der Waals surface area contributed by atoms with Gasteiger partial charge < -0.3 is 9.73 Å². The number of nitrogens with zero attached hydrogens (tertiary/aromatic N) is 2. The quantitative estimate of drug-likeness (QED) is 0.894. The smallest absolute Gasteiger partial charge is 0.196 e. The summed E-state index contributed by atoms with van der Waals surface area (Å²) in [6.45, 7) is 5.11. The lowest BCUT2D eigenvalue weighted by atomic mass is 10.1. The van der Waals surface area contributed by atoms with Crippen LogP contribution in [0.2, 0.25) is 0 Å². The van der Waals surface area contributed by atoms with Gasteiger partial charge in [-0.25, -0.2) is 9.97 Å². The first-order valence-corrected chi connectivity index (χ1v) is 6.85. The van der Waals surface area contributed by atoms with Crippen LogP contribution in [0.3, 0.4) is 0 Å². The Morgan fingerprint density at radius 1 is 1.26 bits per heavy atom. The molecule has 0 bridgehead atoms. The third-order valence-corrected chi connectivity index (χ3v) is 3.55. The molecule has 1 aliphatic carbocycles. The minimum absolute atomic E-state index is 0.680. The molecule has 19 heavy (non-hydrogen) atoms. The first-order valence-electron chi connectivity index (χ1n) is 6.85. The van der Waals surface area contributed by atoms with Gasteiger partial charge in [0.2, 0.25) is 0 Å². The highest BCUT2D eigenvalue weighted by atomic mass is 16.3. The zero-order valence-corrected chi connectivity index (χ0v) is 11.4. The topological polar surface area (TPSA) is 51.0 Å². The summed E-state index contributed by atoms with van der Waals surface area (Å²) in [7, 11) is 0. The second-order valence-electron chi connectivity index (χ2n) is 5.15. The van der Waals surface area contributed by atoms with Gasteiger partial charge in [0.05, 0.1) is 6.26 Å². The second-order valence-corrected chi connectivity index (χ2v) is 5.15. The fraction of sp³-hybridized carbons (Fsp3) is 0.467. The van der Waals surface area contributed by atoms with E-state index in [1.165, 1.54) is 18.4 Å². The number of aryl methyl sites for hydroxylation is 2. The SMILES string of the molecule is Cc1nc(-c2ccco2)nc(C)c1CCNC1CC1. The van der Waals surface area contributed by atoms with Crippen LogP contribution < -0.4 is 5.32 Å². The predicted octanol–water partition coefficient (Wildman–Crippen LogP) is 2.65. The van der Waals surface area contributed by atoms with Crippen molar-refractivity contribution in [3.05, 3.63) is 35.3 Å². The summed E-state index contributed by atoms with van der Waals surface area (Å²) in [6.07, 6.45) is 5.29. The Bertz CT molecular complexity index is 536. The summed E-state index contributed by atoms with van der Waals surface area (Å²) < 4.78 is 5.35. The number of nitrogens with one attached hydrogen (secondary N) is 1. The van der Waals surface area contributed by atoms with Crippen LogP contribution in [0.25, 0.3) is 11.6 Å². The maximum Gasteiger partial charge on any atom is 0.196 e. The van der Waals surface area contributed by atoms with Crippen LogP contribution in [0.5, 0.6) is 0 Å². The molecule has 0 aromatic carbocycles. The summed E-state index contributed by atoms with van der Waals surface area (Å²) in [5, 5.41) is 3.53. The van der Waals surface area contributed by atoms with Crippen molar-refractivity contribution in [1.29, 1.82) is 0 Å². The van der Waals surface area contributed by atoms with Crippen LogP contribution in [-0.4, -0.2) is 22.6 Å². The lowest BCUT2D eigenvalue weighted by Gasteiger charge is -2.10. The minimum Gasteiger partial charge on any atom is -0.461 e. The Balaban J connectivity index is 1.77. The summed E-state index contributed by atoms with van der Waals surface area (Å²) in [5.41, 5.74) is 3.36. The molecular weight excluding hydrogens is 238 g/mol. The monoisotopic (exact) mass is 257 g/mol. The number of hydrogen-bond donors (Lipinski definition) is 1. The molecule has 0 amide bonds. The average Bonchev–Trinajstić information content (AvgIpc) is 3.04.